The number of aliphatic hydroxyl groups excluding tert-OH is 1. The van der Waals surface area contributed by atoms with Crippen molar-refractivity contribution in [2.45, 2.75) is 133 Å². The number of carboxylic acids is 1. The lowest BCUT2D eigenvalue weighted by Gasteiger charge is -2.30. The molecule has 0 aliphatic carbocycles. The minimum absolute atomic E-state index is 0.00715. The summed E-state index contributed by atoms with van der Waals surface area (Å²) >= 11 is 0. The number of anilines is 1. The number of aliphatic imine (C=N–C) groups is 1. The predicted octanol–water partition coefficient (Wildman–Crippen LogP) is 9.24. The average Bonchev–Trinajstić information content (AvgIpc) is 3.92. The summed E-state index contributed by atoms with van der Waals surface area (Å²) in [6, 6.07) is 12.4. The van der Waals surface area contributed by atoms with E-state index in [0.29, 0.717) is 65.8 Å². The minimum Gasteiger partial charge on any atom is -0.478 e. The Morgan fingerprint density at radius 2 is 1.24 bits per heavy atom. The zero-order chi connectivity index (χ0) is 56.0. The fraction of sp³-hybridized carbons (Fsp3) is 0.517. The van der Waals surface area contributed by atoms with Crippen LogP contribution in [0.3, 0.4) is 0 Å². The first-order chi connectivity index (χ1) is 35.4. The number of ketones is 2. The molecule has 1 aliphatic rings. The average molecular weight is 1040 g/mol. The number of aromatic amines is 1. The van der Waals surface area contributed by atoms with Gasteiger partial charge in [0.2, 0.25) is 11.8 Å². The van der Waals surface area contributed by atoms with Gasteiger partial charge in [-0.25, -0.2) is 14.6 Å². The van der Waals surface area contributed by atoms with Crippen molar-refractivity contribution >= 4 is 59.0 Å². The van der Waals surface area contributed by atoms with Gasteiger partial charge < -0.3 is 44.8 Å². The van der Waals surface area contributed by atoms with Crippen LogP contribution in [-0.4, -0.2) is 109 Å². The van der Waals surface area contributed by atoms with E-state index in [0.717, 1.165) is 0 Å². The van der Waals surface area contributed by atoms with Crippen molar-refractivity contribution in [2.24, 2.45) is 27.2 Å². The van der Waals surface area contributed by atoms with Crippen LogP contribution in [0.25, 0.3) is 6.08 Å². The third kappa shape index (κ3) is 14.6. The number of methoxy groups -OCH3 is 2. The molecule has 0 fully saturated rings. The number of hydrogen-bond acceptors (Lipinski definition) is 13. The molecule has 0 saturated carbocycles. The number of benzene rings is 2. The number of amidine groups is 1. The topological polar surface area (TPSA) is 249 Å². The lowest BCUT2D eigenvalue weighted by atomic mass is 9.79. The molecule has 3 aromatic rings. The zero-order valence-corrected chi connectivity index (χ0v) is 46.0. The summed E-state index contributed by atoms with van der Waals surface area (Å²) in [6.45, 7) is 19.7. The molecule has 17 heteroatoms. The van der Waals surface area contributed by atoms with Crippen LogP contribution in [0, 0.1) is 22.2 Å². The van der Waals surface area contributed by atoms with E-state index in [1.54, 1.807) is 44.2 Å². The molecule has 0 saturated heterocycles. The largest absolute Gasteiger partial charge is 0.478 e. The van der Waals surface area contributed by atoms with Crippen molar-refractivity contribution in [1.29, 1.82) is 0 Å². The van der Waals surface area contributed by atoms with Crippen molar-refractivity contribution in [3.05, 3.63) is 104 Å². The van der Waals surface area contributed by atoms with E-state index in [1.165, 1.54) is 38.5 Å². The Labute approximate surface area is 441 Å². The van der Waals surface area contributed by atoms with E-state index in [-0.39, 0.29) is 90.1 Å². The smallest absolute Gasteiger partial charge is 0.338 e. The van der Waals surface area contributed by atoms with Crippen molar-refractivity contribution in [3.63, 3.8) is 0 Å². The van der Waals surface area contributed by atoms with Crippen molar-refractivity contribution in [3.8, 4) is 0 Å². The third-order valence-corrected chi connectivity index (χ3v) is 14.4. The number of nitrogens with zero attached hydrogens (tertiary/aromatic N) is 1. The van der Waals surface area contributed by atoms with Gasteiger partial charge in [0.05, 0.1) is 52.0 Å². The Kier molecular flexibility index (Phi) is 21.8. The van der Waals surface area contributed by atoms with Gasteiger partial charge in [-0.05, 0) is 110 Å². The number of ether oxygens (including phenoxy) is 4. The van der Waals surface area contributed by atoms with E-state index >= 15 is 0 Å². The zero-order valence-electron chi connectivity index (χ0n) is 46.0. The number of carbonyl (C=O) groups is 7. The molecule has 0 spiro atoms. The number of allylic oxidation sites excluding steroid dienone is 1. The Morgan fingerprint density at radius 1 is 0.707 bits per heavy atom. The van der Waals surface area contributed by atoms with E-state index in [1.807, 2.05) is 62.3 Å². The number of esters is 2. The van der Waals surface area contributed by atoms with Gasteiger partial charge in [-0.15, -0.1) is 0 Å². The van der Waals surface area contributed by atoms with E-state index in [4.69, 9.17) is 23.9 Å². The maximum absolute atomic E-state index is 15.0. The number of amides is 2. The molecule has 0 radical (unpaired) electrons. The van der Waals surface area contributed by atoms with Crippen LogP contribution in [0.15, 0.2) is 70.4 Å². The quantitative estimate of drug-likeness (QED) is 0.0336. The standard InChI is InChI=1S/C58H78N4O13/c1-14-56(10,11)55(71)75-31-40(63)30-74-52(68)39-24-20-22-37(26-39)28-44(65)48-46(35(8)9)42(60-50(48)62-54(70)58(18-5,32-72-12)33-73-13)29-41-45(34(6)7)47(43(64)27-36-21-19-23-38(25-36)51(66)67)49(59-41)61-53(69)57(15-2,16-3)17-4/h19-26,29,34-35,40,59,63H,14-18,27-28,30-33H2,1-13H3,(H,61,69)(H,66,67)(H,60,62,70). The van der Waals surface area contributed by atoms with Gasteiger partial charge >= 0.3 is 17.9 Å². The van der Waals surface area contributed by atoms with Crippen LogP contribution in [0.2, 0.25) is 0 Å². The molecule has 2 amide bonds. The molecular formula is C58H78N4O13. The van der Waals surface area contributed by atoms with Crippen molar-refractivity contribution in [1.82, 2.24) is 10.3 Å². The lowest BCUT2D eigenvalue weighted by molar-refractivity contribution is -0.157. The second kappa shape index (κ2) is 26.8. The number of hydrogen-bond donors (Lipinski definition) is 5. The number of aliphatic hydroxyl groups is 1. The number of aromatic carboxylic acids is 1. The Hall–Kier alpha value is -6.56. The van der Waals surface area contributed by atoms with Gasteiger partial charge in [-0.2, -0.15) is 0 Å². The summed E-state index contributed by atoms with van der Waals surface area (Å²) < 4.78 is 21.6. The fourth-order valence-corrected chi connectivity index (χ4v) is 9.12. The van der Waals surface area contributed by atoms with E-state index in [9.17, 15) is 43.8 Å². The summed E-state index contributed by atoms with van der Waals surface area (Å²) in [5.74, 6) is -4.60. The van der Waals surface area contributed by atoms with Gasteiger partial charge in [0, 0.05) is 38.2 Å². The molecule has 2 aromatic carbocycles. The van der Waals surface area contributed by atoms with Gasteiger partial charge in [-0.3, -0.25) is 24.0 Å². The highest BCUT2D eigenvalue weighted by Gasteiger charge is 2.41. The van der Waals surface area contributed by atoms with Crippen LogP contribution in [0.5, 0.6) is 0 Å². The molecule has 1 aromatic heterocycles. The molecular weight excluding hydrogens is 961 g/mol. The lowest BCUT2D eigenvalue weighted by Crippen LogP contribution is -2.49. The number of nitrogens with one attached hydrogen (secondary N) is 3. The maximum atomic E-state index is 15.0. The summed E-state index contributed by atoms with van der Waals surface area (Å²) in [5.41, 5.74) is 0.387. The Bertz CT molecular complexity index is 2670. The number of carbonyl (C=O) groups excluding carboxylic acids is 6. The molecule has 408 valence electrons. The summed E-state index contributed by atoms with van der Waals surface area (Å²) in [7, 11) is 2.95. The molecule has 0 bridgehead atoms. The molecule has 17 nitrogen and oxygen atoms in total. The first-order valence-corrected chi connectivity index (χ1v) is 25.8. The molecule has 1 aliphatic heterocycles. The SMILES string of the molecule is CCC(C)(C)C(=O)OCC(O)COC(=O)c1cccc(CC(=O)C2=C(C(C)C)C(=Cc3[nH]c(NC(=O)C(CC)(CC)CC)c(C(=O)Cc4cccc(C(=O)O)c4)c3C(C)C)N=C2NC(=O)C(CC)(COC)COC)c1. The fourth-order valence-electron chi connectivity index (χ4n) is 9.12. The number of rotatable bonds is 28. The van der Waals surface area contributed by atoms with Crippen LogP contribution < -0.4 is 10.6 Å². The number of aromatic nitrogens is 1. The second-order valence-electron chi connectivity index (χ2n) is 20.5. The van der Waals surface area contributed by atoms with Gasteiger partial charge in [0.15, 0.2) is 11.6 Å². The number of H-pyrrole nitrogens is 1. The molecule has 1 unspecified atom stereocenters. The van der Waals surface area contributed by atoms with Crippen LogP contribution in [0.4, 0.5) is 5.82 Å². The van der Waals surface area contributed by atoms with Gasteiger partial charge in [-0.1, -0.05) is 86.6 Å². The normalized spacial score (nSPS) is 14.0. The van der Waals surface area contributed by atoms with Crippen LogP contribution >= 0.6 is 0 Å². The van der Waals surface area contributed by atoms with Gasteiger partial charge in [0.25, 0.3) is 0 Å². The predicted molar refractivity (Wildman–Crippen MR) is 287 cm³/mol. The molecule has 5 N–H and O–H groups in total. The minimum atomic E-state index is -1.28. The van der Waals surface area contributed by atoms with E-state index in [2.05, 4.69) is 15.6 Å². The first kappa shape index (κ1) is 61.0. The monoisotopic (exact) mass is 1040 g/mol. The summed E-state index contributed by atoms with van der Waals surface area (Å²) in [6.07, 6.45) is 2.46. The van der Waals surface area contributed by atoms with Gasteiger partial charge in [0.1, 0.15) is 31.0 Å². The number of carboxylic acid groups (broad SMARTS) is 1. The Balaban J connectivity index is 1.89. The summed E-state index contributed by atoms with van der Waals surface area (Å²) in [5, 5.41) is 26.2. The van der Waals surface area contributed by atoms with Crippen molar-refractivity contribution < 1.29 is 62.7 Å². The maximum Gasteiger partial charge on any atom is 0.338 e. The number of Topliss-reactive ketones (excluding diaryl/α,β-unsaturated/α-hetero) is 2. The second-order valence-corrected chi connectivity index (χ2v) is 20.5. The molecule has 2 heterocycles. The molecule has 4 rings (SSSR count). The van der Waals surface area contributed by atoms with Crippen molar-refractivity contribution in [2.75, 3.05) is 46.0 Å². The third-order valence-electron chi connectivity index (χ3n) is 14.4. The highest BCUT2D eigenvalue weighted by atomic mass is 16.6. The molecule has 1 atom stereocenters. The Morgan fingerprint density at radius 3 is 1.76 bits per heavy atom. The molecule has 75 heavy (non-hydrogen) atoms. The highest BCUT2D eigenvalue weighted by Crippen LogP contribution is 2.40. The highest BCUT2D eigenvalue weighted by molar-refractivity contribution is 6.28. The summed E-state index contributed by atoms with van der Waals surface area (Å²) in [4.78, 5) is 104. The van der Waals surface area contributed by atoms with Crippen LogP contribution in [0.1, 0.15) is 168 Å². The van der Waals surface area contributed by atoms with E-state index < -0.39 is 58.6 Å². The first-order valence-electron chi connectivity index (χ1n) is 25.8. The van der Waals surface area contributed by atoms with Crippen LogP contribution in [-0.2, 0) is 51.0 Å².